The second-order valence-corrected chi connectivity index (χ2v) is 1.94. The molecule has 0 bridgehead atoms. The molecule has 3 nitrogen and oxygen atoms in total. The monoisotopic (exact) mass is 120 g/mol. The van der Waals surface area contributed by atoms with E-state index in [1.54, 1.807) is 7.11 Å². The van der Waals surface area contributed by atoms with Crippen molar-refractivity contribution in [2.45, 2.75) is 19.1 Å². The normalized spacial score (nSPS) is 35.2. The van der Waals surface area contributed by atoms with Crippen LogP contribution < -0.4 is 0 Å². The van der Waals surface area contributed by atoms with Crippen molar-refractivity contribution in [3.05, 3.63) is 0 Å². The van der Waals surface area contributed by atoms with Crippen LogP contribution in [-0.4, -0.2) is 25.0 Å². The van der Waals surface area contributed by atoms with Crippen LogP contribution in [0.3, 0.4) is 0 Å². The minimum Gasteiger partial charge on any atom is -0.412 e. The molecule has 0 radical (unpaired) electrons. The Labute approximate surface area is 48.9 Å². The Morgan fingerprint density at radius 3 is 2.12 bits per heavy atom. The third kappa shape index (κ3) is 1.18. The lowest BCUT2D eigenvalue weighted by molar-refractivity contribution is -0.284. The summed E-state index contributed by atoms with van der Waals surface area (Å²) in [4.78, 5) is 0. The van der Waals surface area contributed by atoms with E-state index in [0.717, 1.165) is 13.0 Å². The molecule has 1 rings (SSSR count). The van der Waals surface area contributed by atoms with Gasteiger partial charge >= 0.3 is 0 Å². The van der Waals surface area contributed by atoms with Gasteiger partial charge in [0.05, 0.1) is 6.61 Å². The van der Waals surface area contributed by atoms with Gasteiger partial charge in [0.1, 0.15) is 0 Å². The predicted molar refractivity (Wildman–Crippen MR) is 29.6 cm³/mol. The average molecular weight is 120 g/mol. The Morgan fingerprint density at radius 1 is 1.62 bits per heavy atom. The number of methoxy groups -OCH3 is 1. The van der Waals surface area contributed by atoms with E-state index in [1.807, 2.05) is 6.92 Å². The van der Waals surface area contributed by atoms with Crippen molar-refractivity contribution >= 4 is 0 Å². The lowest BCUT2D eigenvalue weighted by Gasteiger charge is -2.36. The highest BCUT2D eigenvalue weighted by Crippen LogP contribution is 2.25. The summed E-state index contributed by atoms with van der Waals surface area (Å²) in [5.74, 6) is -0.236. The zero-order chi connectivity index (χ0) is 5.33. The highest BCUT2D eigenvalue weighted by molar-refractivity contribution is 4.69. The van der Waals surface area contributed by atoms with Crippen LogP contribution in [0.2, 0.25) is 0 Å². The molecule has 8 heavy (non-hydrogen) atoms. The molecule has 1 unspecified atom stereocenters. The Balaban J connectivity index is 0.000000490. The maximum absolute atomic E-state index is 5.05. The van der Waals surface area contributed by atoms with Crippen LogP contribution in [0.1, 0.15) is 13.3 Å². The largest absolute Gasteiger partial charge is 0.412 e. The van der Waals surface area contributed by atoms with Gasteiger partial charge in [0.15, 0.2) is 5.79 Å². The summed E-state index contributed by atoms with van der Waals surface area (Å²) in [6, 6.07) is 0. The van der Waals surface area contributed by atoms with Crippen molar-refractivity contribution < 1.29 is 14.9 Å². The first kappa shape index (κ1) is 7.88. The maximum atomic E-state index is 5.05. The molecular weight excluding hydrogens is 108 g/mol. The molecule has 50 valence electrons. The fourth-order valence-electron chi connectivity index (χ4n) is 0.551. The van der Waals surface area contributed by atoms with Gasteiger partial charge in [-0.1, -0.05) is 0 Å². The van der Waals surface area contributed by atoms with Crippen molar-refractivity contribution in [3.63, 3.8) is 0 Å². The summed E-state index contributed by atoms with van der Waals surface area (Å²) < 4.78 is 10.00. The van der Waals surface area contributed by atoms with Crippen LogP contribution in [0.4, 0.5) is 0 Å². The van der Waals surface area contributed by atoms with E-state index in [1.165, 1.54) is 0 Å². The van der Waals surface area contributed by atoms with Crippen LogP contribution in [-0.2, 0) is 9.47 Å². The molecule has 0 amide bonds. The van der Waals surface area contributed by atoms with Crippen LogP contribution in [0, 0.1) is 0 Å². The Hall–Kier alpha value is -0.120. The summed E-state index contributed by atoms with van der Waals surface area (Å²) in [7, 11) is 1.67. The summed E-state index contributed by atoms with van der Waals surface area (Å²) in [5.41, 5.74) is 0. The van der Waals surface area contributed by atoms with Crippen molar-refractivity contribution in [2.24, 2.45) is 0 Å². The van der Waals surface area contributed by atoms with E-state index in [9.17, 15) is 0 Å². The number of ether oxygens (including phenoxy) is 2. The van der Waals surface area contributed by atoms with E-state index in [4.69, 9.17) is 9.47 Å². The average Bonchev–Trinajstić information content (AvgIpc) is 1.61. The molecule has 1 aliphatic heterocycles. The van der Waals surface area contributed by atoms with E-state index in [0.29, 0.717) is 0 Å². The van der Waals surface area contributed by atoms with Gasteiger partial charge in [-0.15, -0.1) is 0 Å². The summed E-state index contributed by atoms with van der Waals surface area (Å²) >= 11 is 0. The minimum absolute atomic E-state index is 0. The Morgan fingerprint density at radius 2 is 2.12 bits per heavy atom. The molecule has 1 aliphatic rings. The second kappa shape index (κ2) is 2.44. The summed E-state index contributed by atoms with van der Waals surface area (Å²) in [6.45, 7) is 2.79. The van der Waals surface area contributed by atoms with Crippen LogP contribution in [0.15, 0.2) is 0 Å². The smallest absolute Gasteiger partial charge is 0.167 e. The van der Waals surface area contributed by atoms with Gasteiger partial charge in [0, 0.05) is 13.5 Å². The van der Waals surface area contributed by atoms with Gasteiger partial charge in [0.25, 0.3) is 0 Å². The first-order valence-electron chi connectivity index (χ1n) is 2.46. The van der Waals surface area contributed by atoms with Crippen molar-refractivity contribution in [1.29, 1.82) is 0 Å². The van der Waals surface area contributed by atoms with Gasteiger partial charge in [0.2, 0.25) is 0 Å². The first-order valence-corrected chi connectivity index (χ1v) is 2.46. The zero-order valence-electron chi connectivity index (χ0n) is 5.23. The molecule has 0 aromatic rings. The molecule has 0 aliphatic carbocycles. The van der Waals surface area contributed by atoms with Crippen molar-refractivity contribution in [2.75, 3.05) is 13.7 Å². The lowest BCUT2D eigenvalue weighted by Crippen LogP contribution is -2.42. The summed E-state index contributed by atoms with van der Waals surface area (Å²) in [5, 5.41) is 0. The molecular formula is C5H12O3. The Kier molecular flexibility index (Phi) is 2.40. The SMILES string of the molecule is COC1(C)CCO1.O. The predicted octanol–water partition coefficient (Wildman–Crippen LogP) is -0.0554. The molecule has 0 saturated carbocycles. The molecule has 0 spiro atoms. The van der Waals surface area contributed by atoms with E-state index < -0.39 is 0 Å². The van der Waals surface area contributed by atoms with Crippen LogP contribution >= 0.6 is 0 Å². The van der Waals surface area contributed by atoms with Crippen LogP contribution in [0.25, 0.3) is 0 Å². The fourth-order valence-corrected chi connectivity index (χ4v) is 0.551. The Bertz CT molecular complexity index is 62.6. The third-order valence-corrected chi connectivity index (χ3v) is 1.40. The molecule has 1 saturated heterocycles. The molecule has 2 N–H and O–H groups in total. The molecule has 1 atom stereocenters. The zero-order valence-corrected chi connectivity index (χ0v) is 5.23. The quantitative estimate of drug-likeness (QED) is 0.487. The maximum Gasteiger partial charge on any atom is 0.167 e. The third-order valence-electron chi connectivity index (χ3n) is 1.40. The fraction of sp³-hybridized carbons (Fsp3) is 1.00. The van der Waals surface area contributed by atoms with Crippen molar-refractivity contribution in [1.82, 2.24) is 0 Å². The molecule has 1 fully saturated rings. The number of rotatable bonds is 1. The topological polar surface area (TPSA) is 50.0 Å². The molecule has 0 aromatic heterocycles. The lowest BCUT2D eigenvalue weighted by atomic mass is 10.1. The first-order chi connectivity index (χ1) is 3.27. The highest BCUT2D eigenvalue weighted by atomic mass is 16.7. The summed E-state index contributed by atoms with van der Waals surface area (Å²) in [6.07, 6.45) is 1.03. The van der Waals surface area contributed by atoms with Gasteiger partial charge in [-0.2, -0.15) is 0 Å². The highest BCUT2D eigenvalue weighted by Gasteiger charge is 2.32. The van der Waals surface area contributed by atoms with E-state index in [2.05, 4.69) is 0 Å². The molecule has 1 heterocycles. The van der Waals surface area contributed by atoms with E-state index >= 15 is 0 Å². The number of hydrogen-bond donors (Lipinski definition) is 0. The van der Waals surface area contributed by atoms with Crippen LogP contribution in [0.5, 0.6) is 0 Å². The minimum atomic E-state index is -0.236. The molecule has 3 heteroatoms. The van der Waals surface area contributed by atoms with Gasteiger partial charge < -0.3 is 14.9 Å². The van der Waals surface area contributed by atoms with Gasteiger partial charge in [-0.05, 0) is 6.92 Å². The second-order valence-electron chi connectivity index (χ2n) is 1.94. The molecule has 0 aromatic carbocycles. The van der Waals surface area contributed by atoms with Gasteiger partial charge in [-0.3, -0.25) is 0 Å². The van der Waals surface area contributed by atoms with E-state index in [-0.39, 0.29) is 11.3 Å². The standard InChI is InChI=1S/C5H10O2.H2O/c1-5(6-2)3-4-7-5;/h3-4H2,1-2H3;1H2. The number of hydrogen-bond acceptors (Lipinski definition) is 2. The van der Waals surface area contributed by atoms with Crippen molar-refractivity contribution in [3.8, 4) is 0 Å². The van der Waals surface area contributed by atoms with Gasteiger partial charge in [-0.25, -0.2) is 0 Å².